The lowest BCUT2D eigenvalue weighted by Crippen LogP contribution is -2.21. The molecule has 0 bridgehead atoms. The van der Waals surface area contributed by atoms with Crippen molar-refractivity contribution in [3.8, 4) is 0 Å². The zero-order valence-electron chi connectivity index (χ0n) is 9.88. The van der Waals surface area contributed by atoms with E-state index >= 15 is 0 Å². The van der Waals surface area contributed by atoms with Crippen LogP contribution in [-0.4, -0.2) is 45.3 Å². The summed E-state index contributed by atoms with van der Waals surface area (Å²) in [5.74, 6) is 0.139. The lowest BCUT2D eigenvalue weighted by atomic mass is 10.3. The fraction of sp³-hybridized carbons (Fsp3) is 0.909. The van der Waals surface area contributed by atoms with Crippen molar-refractivity contribution in [2.45, 2.75) is 26.7 Å². The van der Waals surface area contributed by atoms with Crippen molar-refractivity contribution >= 4 is 5.78 Å². The molecule has 0 radical (unpaired) electrons. The zero-order valence-corrected chi connectivity index (χ0v) is 9.88. The summed E-state index contributed by atoms with van der Waals surface area (Å²) in [7, 11) is 0. The first-order valence-electron chi connectivity index (χ1n) is 5.69. The molecule has 15 heavy (non-hydrogen) atoms. The van der Waals surface area contributed by atoms with Gasteiger partial charge in [0.25, 0.3) is 0 Å². The SMILES string of the molecule is CCCNCCOCCOCC(=O)CC. The van der Waals surface area contributed by atoms with Gasteiger partial charge in [0.2, 0.25) is 0 Å². The van der Waals surface area contributed by atoms with Crippen molar-refractivity contribution in [2.24, 2.45) is 0 Å². The third-order valence-electron chi connectivity index (χ3n) is 1.88. The van der Waals surface area contributed by atoms with Gasteiger partial charge in [0, 0.05) is 13.0 Å². The highest BCUT2D eigenvalue weighted by molar-refractivity contribution is 5.79. The van der Waals surface area contributed by atoms with Crippen LogP contribution in [0.3, 0.4) is 0 Å². The number of Topliss-reactive ketones (excluding diaryl/α,β-unsaturated/α-hetero) is 1. The number of hydrogen-bond donors (Lipinski definition) is 1. The molecule has 0 aromatic rings. The first-order valence-corrected chi connectivity index (χ1v) is 5.69. The van der Waals surface area contributed by atoms with Gasteiger partial charge in [-0.3, -0.25) is 4.79 Å². The van der Waals surface area contributed by atoms with Crippen molar-refractivity contribution in [2.75, 3.05) is 39.5 Å². The number of nitrogens with one attached hydrogen (secondary N) is 1. The van der Waals surface area contributed by atoms with Crippen molar-refractivity contribution in [3.63, 3.8) is 0 Å². The average Bonchev–Trinajstić information content (AvgIpc) is 2.26. The summed E-state index contributed by atoms with van der Waals surface area (Å²) in [6.07, 6.45) is 1.68. The lowest BCUT2D eigenvalue weighted by Gasteiger charge is -2.05. The molecule has 4 nitrogen and oxygen atoms in total. The predicted octanol–water partition coefficient (Wildman–Crippen LogP) is 0.998. The molecule has 0 spiro atoms. The largest absolute Gasteiger partial charge is 0.378 e. The second-order valence-corrected chi connectivity index (χ2v) is 3.31. The molecule has 0 fully saturated rings. The Morgan fingerprint density at radius 1 is 1.07 bits per heavy atom. The van der Waals surface area contributed by atoms with E-state index in [1.54, 1.807) is 0 Å². The highest BCUT2D eigenvalue weighted by atomic mass is 16.5. The van der Waals surface area contributed by atoms with E-state index in [-0.39, 0.29) is 12.4 Å². The first-order chi connectivity index (χ1) is 7.31. The molecule has 0 saturated heterocycles. The third kappa shape index (κ3) is 11.5. The van der Waals surface area contributed by atoms with Gasteiger partial charge in [-0.2, -0.15) is 0 Å². The third-order valence-corrected chi connectivity index (χ3v) is 1.88. The topological polar surface area (TPSA) is 47.6 Å². The number of carbonyl (C=O) groups is 1. The monoisotopic (exact) mass is 217 g/mol. The number of carbonyl (C=O) groups excluding carboxylic acids is 1. The quantitative estimate of drug-likeness (QED) is 0.524. The van der Waals surface area contributed by atoms with Gasteiger partial charge >= 0.3 is 0 Å². The number of ether oxygens (including phenoxy) is 2. The van der Waals surface area contributed by atoms with Crippen LogP contribution < -0.4 is 5.32 Å². The average molecular weight is 217 g/mol. The van der Waals surface area contributed by atoms with Crippen LogP contribution in [0.4, 0.5) is 0 Å². The summed E-state index contributed by atoms with van der Waals surface area (Å²) < 4.78 is 10.4. The van der Waals surface area contributed by atoms with E-state index in [9.17, 15) is 4.79 Å². The molecule has 0 aromatic heterocycles. The Bertz CT molecular complexity index is 151. The van der Waals surface area contributed by atoms with E-state index < -0.39 is 0 Å². The van der Waals surface area contributed by atoms with Gasteiger partial charge in [0.05, 0.1) is 19.8 Å². The Morgan fingerprint density at radius 3 is 2.47 bits per heavy atom. The van der Waals surface area contributed by atoms with Crippen LogP contribution in [0.2, 0.25) is 0 Å². The minimum Gasteiger partial charge on any atom is -0.378 e. The molecule has 4 heteroatoms. The Hall–Kier alpha value is -0.450. The maximum Gasteiger partial charge on any atom is 0.158 e. The fourth-order valence-corrected chi connectivity index (χ4v) is 0.954. The summed E-state index contributed by atoms with van der Waals surface area (Å²) in [5.41, 5.74) is 0. The van der Waals surface area contributed by atoms with Crippen LogP contribution >= 0.6 is 0 Å². The van der Waals surface area contributed by atoms with Crippen LogP contribution in [0.1, 0.15) is 26.7 Å². The second-order valence-electron chi connectivity index (χ2n) is 3.31. The smallest absolute Gasteiger partial charge is 0.158 e. The fourth-order valence-electron chi connectivity index (χ4n) is 0.954. The molecule has 0 aliphatic carbocycles. The van der Waals surface area contributed by atoms with Gasteiger partial charge < -0.3 is 14.8 Å². The van der Waals surface area contributed by atoms with E-state index in [0.717, 1.165) is 19.5 Å². The summed E-state index contributed by atoms with van der Waals surface area (Å²) in [6, 6.07) is 0. The van der Waals surface area contributed by atoms with Crippen LogP contribution in [0.5, 0.6) is 0 Å². The Balaban J connectivity index is 2.95. The minimum atomic E-state index is 0.139. The number of hydrogen-bond acceptors (Lipinski definition) is 4. The number of rotatable bonds is 11. The maximum atomic E-state index is 10.8. The molecular weight excluding hydrogens is 194 g/mol. The van der Waals surface area contributed by atoms with E-state index in [2.05, 4.69) is 12.2 Å². The second kappa shape index (κ2) is 11.6. The molecule has 0 heterocycles. The minimum absolute atomic E-state index is 0.139. The molecule has 1 N–H and O–H groups in total. The molecule has 0 aliphatic heterocycles. The van der Waals surface area contributed by atoms with Gasteiger partial charge in [-0.25, -0.2) is 0 Å². The van der Waals surface area contributed by atoms with Crippen LogP contribution in [0, 0.1) is 0 Å². The summed E-state index contributed by atoms with van der Waals surface area (Å²) in [4.78, 5) is 10.8. The summed E-state index contributed by atoms with van der Waals surface area (Å²) >= 11 is 0. The van der Waals surface area contributed by atoms with Crippen molar-refractivity contribution < 1.29 is 14.3 Å². The Labute approximate surface area is 92.3 Å². The lowest BCUT2D eigenvalue weighted by molar-refractivity contribution is -0.123. The molecule has 0 aliphatic rings. The molecular formula is C11H23NO3. The molecule has 0 amide bonds. The number of ketones is 1. The van der Waals surface area contributed by atoms with Crippen LogP contribution in [0.25, 0.3) is 0 Å². The molecule has 0 unspecified atom stereocenters. The summed E-state index contributed by atoms with van der Waals surface area (Å²) in [5, 5.41) is 3.23. The van der Waals surface area contributed by atoms with E-state index in [1.807, 2.05) is 6.92 Å². The Kier molecular flexibility index (Phi) is 11.3. The van der Waals surface area contributed by atoms with Crippen LogP contribution in [-0.2, 0) is 14.3 Å². The highest BCUT2D eigenvalue weighted by Crippen LogP contribution is 1.84. The van der Waals surface area contributed by atoms with E-state index in [4.69, 9.17) is 9.47 Å². The van der Waals surface area contributed by atoms with Gasteiger partial charge in [-0.1, -0.05) is 13.8 Å². The molecule has 0 rings (SSSR count). The molecule has 90 valence electrons. The van der Waals surface area contributed by atoms with E-state index in [0.29, 0.717) is 26.2 Å². The van der Waals surface area contributed by atoms with Crippen molar-refractivity contribution in [3.05, 3.63) is 0 Å². The summed E-state index contributed by atoms with van der Waals surface area (Å²) in [6.45, 7) is 7.85. The maximum absolute atomic E-state index is 10.8. The normalized spacial score (nSPS) is 10.5. The van der Waals surface area contributed by atoms with E-state index in [1.165, 1.54) is 0 Å². The molecule has 0 atom stereocenters. The van der Waals surface area contributed by atoms with Gasteiger partial charge in [-0.15, -0.1) is 0 Å². The van der Waals surface area contributed by atoms with Crippen LogP contribution in [0.15, 0.2) is 0 Å². The standard InChI is InChI=1S/C11H23NO3/c1-3-5-12-6-7-14-8-9-15-10-11(13)4-2/h12H,3-10H2,1-2H3. The first kappa shape index (κ1) is 14.6. The zero-order chi connectivity index (χ0) is 11.4. The predicted molar refractivity (Wildman–Crippen MR) is 60.1 cm³/mol. The Morgan fingerprint density at radius 2 is 1.80 bits per heavy atom. The van der Waals surface area contributed by atoms with Gasteiger partial charge in [0.1, 0.15) is 6.61 Å². The van der Waals surface area contributed by atoms with Crippen molar-refractivity contribution in [1.82, 2.24) is 5.32 Å². The van der Waals surface area contributed by atoms with Gasteiger partial charge in [0.15, 0.2) is 5.78 Å². The molecule has 0 aromatic carbocycles. The van der Waals surface area contributed by atoms with Crippen molar-refractivity contribution in [1.29, 1.82) is 0 Å². The highest BCUT2D eigenvalue weighted by Gasteiger charge is 1.96. The van der Waals surface area contributed by atoms with Gasteiger partial charge in [-0.05, 0) is 13.0 Å². The molecule has 0 saturated carbocycles.